The Balaban J connectivity index is 1.73. The number of carbonyl (C=O) groups excluding carboxylic acids is 1. The maximum atomic E-state index is 12.9. The summed E-state index contributed by atoms with van der Waals surface area (Å²) >= 11 is 0. The Labute approximate surface area is 175 Å². The third kappa shape index (κ3) is 5.09. The van der Waals surface area contributed by atoms with Crippen molar-refractivity contribution >= 4 is 16.0 Å². The first-order chi connectivity index (χ1) is 14.5. The second-order valence-corrected chi connectivity index (χ2v) is 8.20. The average molecular weight is 455 g/mol. The molecule has 0 amide bonds. The van der Waals surface area contributed by atoms with Gasteiger partial charge in [-0.05, 0) is 50.4 Å². The molecule has 0 spiro atoms. The molecule has 12 heteroatoms. The van der Waals surface area contributed by atoms with Crippen molar-refractivity contribution in [3.05, 3.63) is 65.5 Å². The third-order valence-corrected chi connectivity index (χ3v) is 5.62. The molecule has 0 fully saturated rings. The van der Waals surface area contributed by atoms with Gasteiger partial charge in [0.25, 0.3) is 5.89 Å². The fourth-order valence-electron chi connectivity index (χ4n) is 2.52. The van der Waals surface area contributed by atoms with Crippen LogP contribution in [0.2, 0.25) is 0 Å². The number of sulfonamides is 1. The molecule has 0 aliphatic heterocycles. The van der Waals surface area contributed by atoms with Gasteiger partial charge in [0.2, 0.25) is 15.8 Å². The number of rotatable bonds is 6. The number of carbonyl (C=O) groups is 1. The standard InChI is InChI=1S/C19H16F3N3O5S/c1-11(29-18(26)12-6-8-15(9-7-12)31(27,28)23-2)17-24-16(25-30-17)13-4-3-5-14(10-13)19(20,21)22/h3-11,23H,1-2H3. The number of nitrogens with one attached hydrogen (secondary N) is 1. The Kier molecular flexibility index (Phi) is 6.13. The SMILES string of the molecule is CNS(=O)(=O)c1ccc(C(=O)OC(C)c2nc(-c3cccc(C(F)(F)F)c3)no2)cc1. The van der Waals surface area contributed by atoms with E-state index >= 15 is 0 Å². The van der Waals surface area contributed by atoms with Crippen molar-refractivity contribution in [1.29, 1.82) is 0 Å². The van der Waals surface area contributed by atoms with Crippen LogP contribution in [0.1, 0.15) is 34.8 Å². The number of nitrogens with zero attached hydrogens (tertiary/aromatic N) is 2. The fraction of sp³-hybridized carbons (Fsp3) is 0.211. The number of benzene rings is 2. The van der Waals surface area contributed by atoms with Gasteiger partial charge in [-0.3, -0.25) is 0 Å². The molecule has 1 N–H and O–H groups in total. The van der Waals surface area contributed by atoms with Crippen molar-refractivity contribution in [3.63, 3.8) is 0 Å². The molecule has 31 heavy (non-hydrogen) atoms. The molecular weight excluding hydrogens is 439 g/mol. The molecule has 1 aromatic heterocycles. The van der Waals surface area contributed by atoms with E-state index in [9.17, 15) is 26.4 Å². The molecule has 1 unspecified atom stereocenters. The summed E-state index contributed by atoms with van der Waals surface area (Å²) in [5, 5.41) is 3.64. The maximum absolute atomic E-state index is 12.9. The van der Waals surface area contributed by atoms with Gasteiger partial charge in [-0.15, -0.1) is 0 Å². The Bertz CT molecular complexity index is 1190. The van der Waals surface area contributed by atoms with E-state index in [4.69, 9.17) is 9.26 Å². The second-order valence-electron chi connectivity index (χ2n) is 6.31. The van der Waals surface area contributed by atoms with Gasteiger partial charge < -0.3 is 9.26 Å². The van der Waals surface area contributed by atoms with Gasteiger partial charge in [-0.1, -0.05) is 17.3 Å². The van der Waals surface area contributed by atoms with Crippen LogP contribution in [0.5, 0.6) is 0 Å². The lowest BCUT2D eigenvalue weighted by atomic mass is 10.1. The maximum Gasteiger partial charge on any atom is 0.416 e. The van der Waals surface area contributed by atoms with Crippen molar-refractivity contribution in [3.8, 4) is 11.4 Å². The largest absolute Gasteiger partial charge is 0.449 e. The number of aromatic nitrogens is 2. The van der Waals surface area contributed by atoms with E-state index in [1.54, 1.807) is 0 Å². The lowest BCUT2D eigenvalue weighted by Gasteiger charge is -2.09. The van der Waals surface area contributed by atoms with Crippen molar-refractivity contribution in [2.75, 3.05) is 7.05 Å². The van der Waals surface area contributed by atoms with Gasteiger partial charge in [0, 0.05) is 5.56 Å². The summed E-state index contributed by atoms with van der Waals surface area (Å²) in [6.07, 6.45) is -5.52. The summed E-state index contributed by atoms with van der Waals surface area (Å²) in [6.45, 7) is 1.45. The first kappa shape index (κ1) is 22.4. The Hall–Kier alpha value is -3.25. The van der Waals surface area contributed by atoms with Crippen molar-refractivity contribution in [2.24, 2.45) is 0 Å². The van der Waals surface area contributed by atoms with Crippen LogP contribution in [0.3, 0.4) is 0 Å². The number of esters is 1. The molecule has 3 aromatic rings. The minimum atomic E-state index is -4.52. The summed E-state index contributed by atoms with van der Waals surface area (Å²) in [7, 11) is -2.39. The van der Waals surface area contributed by atoms with Crippen LogP contribution in [0, 0.1) is 0 Å². The molecule has 0 aliphatic rings. The molecule has 8 nitrogen and oxygen atoms in total. The zero-order chi connectivity index (χ0) is 22.8. The van der Waals surface area contributed by atoms with Gasteiger partial charge in [0.15, 0.2) is 6.10 Å². The van der Waals surface area contributed by atoms with E-state index in [1.165, 1.54) is 50.4 Å². The van der Waals surface area contributed by atoms with E-state index in [1.807, 2.05) is 0 Å². The molecule has 3 rings (SSSR count). The zero-order valence-corrected chi connectivity index (χ0v) is 17.0. The van der Waals surface area contributed by atoms with Crippen LogP contribution in [-0.2, 0) is 20.9 Å². The molecule has 0 radical (unpaired) electrons. The highest BCUT2D eigenvalue weighted by molar-refractivity contribution is 7.89. The molecule has 0 aliphatic carbocycles. The summed E-state index contributed by atoms with van der Waals surface area (Å²) in [5.41, 5.74) is -0.691. The number of hydrogen-bond donors (Lipinski definition) is 1. The van der Waals surface area contributed by atoms with Crippen molar-refractivity contribution in [1.82, 2.24) is 14.9 Å². The Morgan fingerprint density at radius 3 is 2.45 bits per heavy atom. The van der Waals surface area contributed by atoms with Gasteiger partial charge in [-0.25, -0.2) is 17.9 Å². The summed E-state index contributed by atoms with van der Waals surface area (Å²) in [6, 6.07) is 9.45. The zero-order valence-electron chi connectivity index (χ0n) is 16.2. The fourth-order valence-corrected chi connectivity index (χ4v) is 3.25. The van der Waals surface area contributed by atoms with Gasteiger partial charge in [-0.2, -0.15) is 18.2 Å². The summed E-state index contributed by atoms with van der Waals surface area (Å²) in [4.78, 5) is 16.3. The minimum Gasteiger partial charge on any atom is -0.449 e. The number of alkyl halides is 3. The first-order valence-electron chi connectivity index (χ1n) is 8.77. The van der Waals surface area contributed by atoms with Crippen LogP contribution in [0.4, 0.5) is 13.2 Å². The predicted octanol–water partition coefficient (Wildman–Crippen LogP) is 3.58. The van der Waals surface area contributed by atoms with Gasteiger partial charge >= 0.3 is 12.1 Å². The first-order valence-corrected chi connectivity index (χ1v) is 10.3. The van der Waals surface area contributed by atoms with E-state index in [-0.39, 0.29) is 27.7 Å². The van der Waals surface area contributed by atoms with E-state index < -0.39 is 33.8 Å². The van der Waals surface area contributed by atoms with Gasteiger partial charge in [0.1, 0.15) is 0 Å². The van der Waals surface area contributed by atoms with Crippen LogP contribution in [-0.4, -0.2) is 31.6 Å². The van der Waals surface area contributed by atoms with Crippen LogP contribution < -0.4 is 4.72 Å². The lowest BCUT2D eigenvalue weighted by Crippen LogP contribution is -2.18. The highest BCUT2D eigenvalue weighted by Crippen LogP contribution is 2.31. The van der Waals surface area contributed by atoms with Crippen molar-refractivity contribution < 1.29 is 35.6 Å². The molecule has 0 saturated carbocycles. The molecular formula is C19H16F3N3O5S. The number of halogens is 3. The Morgan fingerprint density at radius 1 is 1.16 bits per heavy atom. The molecule has 0 saturated heterocycles. The predicted molar refractivity (Wildman–Crippen MR) is 101 cm³/mol. The van der Waals surface area contributed by atoms with Crippen LogP contribution >= 0.6 is 0 Å². The van der Waals surface area contributed by atoms with Crippen LogP contribution in [0.25, 0.3) is 11.4 Å². The highest BCUT2D eigenvalue weighted by atomic mass is 32.2. The van der Waals surface area contributed by atoms with Crippen molar-refractivity contribution in [2.45, 2.75) is 24.1 Å². The molecule has 2 aromatic carbocycles. The van der Waals surface area contributed by atoms with E-state index in [2.05, 4.69) is 14.9 Å². The number of hydrogen-bond acceptors (Lipinski definition) is 7. The van der Waals surface area contributed by atoms with Crippen LogP contribution in [0.15, 0.2) is 57.9 Å². The average Bonchev–Trinajstić information content (AvgIpc) is 3.24. The topological polar surface area (TPSA) is 111 Å². The summed E-state index contributed by atoms with van der Waals surface area (Å²) < 4.78 is 74.5. The smallest absolute Gasteiger partial charge is 0.416 e. The Morgan fingerprint density at radius 2 is 1.84 bits per heavy atom. The summed E-state index contributed by atoms with van der Waals surface area (Å²) in [5.74, 6) is -0.986. The molecule has 1 atom stereocenters. The molecule has 1 heterocycles. The van der Waals surface area contributed by atoms with Gasteiger partial charge in [0.05, 0.1) is 16.0 Å². The minimum absolute atomic E-state index is 0.0257. The molecule has 0 bridgehead atoms. The highest BCUT2D eigenvalue weighted by Gasteiger charge is 2.31. The van der Waals surface area contributed by atoms with E-state index in [0.717, 1.165) is 12.1 Å². The van der Waals surface area contributed by atoms with E-state index in [0.29, 0.717) is 0 Å². The monoisotopic (exact) mass is 455 g/mol. The normalized spacial score (nSPS) is 13.1. The quantitative estimate of drug-likeness (QED) is 0.566. The number of ether oxygens (including phenoxy) is 1. The second kappa shape index (κ2) is 8.47. The molecule has 164 valence electrons. The third-order valence-electron chi connectivity index (χ3n) is 4.19. The lowest BCUT2D eigenvalue weighted by molar-refractivity contribution is -0.137.